The van der Waals surface area contributed by atoms with Crippen molar-refractivity contribution in [2.24, 2.45) is 5.10 Å². The Morgan fingerprint density at radius 2 is 1.81 bits per heavy atom. The van der Waals surface area contributed by atoms with Crippen molar-refractivity contribution in [1.82, 2.24) is 5.01 Å². The number of nitrogens with zero attached hydrogens (tertiary/aromatic N) is 2. The molecule has 154 valence electrons. The molecule has 0 fully saturated rings. The lowest BCUT2D eigenvalue weighted by Crippen LogP contribution is -2.55. The molecule has 0 saturated carbocycles. The zero-order valence-electron chi connectivity index (χ0n) is 15.9. The average Bonchev–Trinajstić information content (AvgIpc) is 3.31. The van der Waals surface area contributed by atoms with Gasteiger partial charge in [0.25, 0.3) is 5.91 Å². The van der Waals surface area contributed by atoms with Gasteiger partial charge in [-0.2, -0.15) is 5.10 Å². The fourth-order valence-corrected chi connectivity index (χ4v) is 4.85. The van der Waals surface area contributed by atoms with Crippen LogP contribution < -0.4 is 10.1 Å². The van der Waals surface area contributed by atoms with E-state index >= 15 is 0 Å². The largest absolute Gasteiger partial charge is 0.453 e. The minimum Gasteiger partial charge on any atom is -0.453 e. The van der Waals surface area contributed by atoms with Crippen LogP contribution in [0.15, 0.2) is 65.8 Å². The number of carbonyl (C=O) groups excluding carboxylic acids is 1. The Morgan fingerprint density at radius 3 is 2.61 bits per heavy atom. The van der Waals surface area contributed by atoms with E-state index in [9.17, 15) is 9.18 Å². The molecule has 3 aromatic carbocycles. The summed E-state index contributed by atoms with van der Waals surface area (Å²) in [7, 11) is 0. The van der Waals surface area contributed by atoms with Gasteiger partial charge in [-0.1, -0.05) is 35.3 Å². The molecule has 6 rings (SSSR count). The SMILES string of the molecule is O=C1Nc2ccc(Cl)cc2[C@]12Oc1ccc(Cl)cc1[C@@H]1CC(c3ccc(F)cc3)=NN12. The van der Waals surface area contributed by atoms with Crippen LogP contribution in [0.25, 0.3) is 0 Å². The summed E-state index contributed by atoms with van der Waals surface area (Å²) in [6.07, 6.45) is 0.507. The third-order valence-electron chi connectivity index (χ3n) is 5.90. The molecule has 0 saturated heterocycles. The van der Waals surface area contributed by atoms with E-state index in [0.29, 0.717) is 33.5 Å². The van der Waals surface area contributed by atoms with Gasteiger partial charge in [0.1, 0.15) is 11.6 Å². The second-order valence-corrected chi connectivity index (χ2v) is 8.56. The molecule has 31 heavy (non-hydrogen) atoms. The average molecular weight is 454 g/mol. The van der Waals surface area contributed by atoms with Crippen molar-refractivity contribution >= 4 is 40.5 Å². The van der Waals surface area contributed by atoms with E-state index in [1.807, 2.05) is 6.07 Å². The molecule has 8 heteroatoms. The van der Waals surface area contributed by atoms with Crippen LogP contribution in [0.3, 0.4) is 0 Å². The zero-order valence-corrected chi connectivity index (χ0v) is 17.4. The van der Waals surface area contributed by atoms with Gasteiger partial charge in [-0.15, -0.1) is 0 Å². The minimum absolute atomic E-state index is 0.293. The van der Waals surface area contributed by atoms with Gasteiger partial charge in [-0.25, -0.2) is 9.40 Å². The van der Waals surface area contributed by atoms with Crippen molar-refractivity contribution in [2.45, 2.75) is 18.2 Å². The highest BCUT2D eigenvalue weighted by atomic mass is 35.5. The maximum absolute atomic E-state index is 13.5. The Bertz CT molecular complexity index is 1290. The number of hydrogen-bond acceptors (Lipinski definition) is 4. The Balaban J connectivity index is 1.58. The molecule has 0 bridgehead atoms. The Hall–Kier alpha value is -3.09. The summed E-state index contributed by atoms with van der Waals surface area (Å²) < 4.78 is 19.8. The van der Waals surface area contributed by atoms with Gasteiger partial charge >= 0.3 is 5.72 Å². The number of benzene rings is 3. The number of hydrogen-bond donors (Lipinski definition) is 1. The number of amides is 1. The summed E-state index contributed by atoms with van der Waals surface area (Å²) in [5, 5.41) is 10.4. The molecule has 5 nitrogen and oxygen atoms in total. The van der Waals surface area contributed by atoms with Crippen LogP contribution in [0.2, 0.25) is 10.0 Å². The van der Waals surface area contributed by atoms with Crippen LogP contribution in [-0.2, 0) is 10.5 Å². The van der Waals surface area contributed by atoms with E-state index in [1.165, 1.54) is 12.1 Å². The van der Waals surface area contributed by atoms with Crippen molar-refractivity contribution < 1.29 is 13.9 Å². The molecule has 1 spiro atoms. The van der Waals surface area contributed by atoms with Crippen LogP contribution in [0.5, 0.6) is 5.75 Å². The standard InChI is InChI=1S/C23H14Cl2FN3O2/c24-13-4-8-21-16(9-13)20-11-19(12-1-5-15(26)6-2-12)28-29(20)23(31-21)17-10-14(25)3-7-18(17)27-22(23)30/h1-10,20H,11H2,(H,27,30)/t20-,23-/m0/s1. The lowest BCUT2D eigenvalue weighted by molar-refractivity contribution is -0.161. The zero-order chi connectivity index (χ0) is 21.3. The number of fused-ring (bicyclic) bond motifs is 6. The van der Waals surface area contributed by atoms with Crippen LogP contribution in [0, 0.1) is 5.82 Å². The summed E-state index contributed by atoms with van der Waals surface area (Å²) in [5.41, 5.74) is 2.05. The van der Waals surface area contributed by atoms with Crippen LogP contribution in [0.1, 0.15) is 29.2 Å². The normalized spacial score (nSPS) is 23.1. The number of hydrazone groups is 1. The Morgan fingerprint density at radius 1 is 1.06 bits per heavy atom. The molecule has 3 aliphatic rings. The number of ether oxygens (including phenoxy) is 1. The van der Waals surface area contributed by atoms with Gasteiger partial charge in [0.15, 0.2) is 0 Å². The minimum atomic E-state index is -1.51. The molecular weight excluding hydrogens is 440 g/mol. The Labute approximate surface area is 187 Å². The van der Waals surface area contributed by atoms with E-state index in [1.54, 1.807) is 47.5 Å². The fourth-order valence-electron chi connectivity index (χ4n) is 4.50. The first-order valence-corrected chi connectivity index (χ1v) is 10.4. The molecule has 1 amide bonds. The van der Waals surface area contributed by atoms with E-state index in [4.69, 9.17) is 33.0 Å². The van der Waals surface area contributed by atoms with Crippen LogP contribution in [0.4, 0.5) is 10.1 Å². The van der Waals surface area contributed by atoms with E-state index in [0.717, 1.165) is 16.8 Å². The molecule has 3 aromatic rings. The highest BCUT2D eigenvalue weighted by Crippen LogP contribution is 2.54. The lowest BCUT2D eigenvalue weighted by Gasteiger charge is -2.44. The van der Waals surface area contributed by atoms with Crippen molar-refractivity contribution in [2.75, 3.05) is 5.32 Å². The summed E-state index contributed by atoms with van der Waals surface area (Å²) in [6.45, 7) is 0. The molecule has 0 radical (unpaired) electrons. The van der Waals surface area contributed by atoms with Gasteiger partial charge < -0.3 is 10.1 Å². The number of nitrogens with one attached hydrogen (secondary N) is 1. The predicted molar refractivity (Wildman–Crippen MR) is 116 cm³/mol. The first kappa shape index (κ1) is 18.7. The van der Waals surface area contributed by atoms with Crippen molar-refractivity contribution in [1.29, 1.82) is 0 Å². The quantitative estimate of drug-likeness (QED) is 0.530. The molecular formula is C23H14Cl2FN3O2. The molecule has 3 aliphatic heterocycles. The van der Waals surface area contributed by atoms with Crippen molar-refractivity contribution in [3.8, 4) is 5.75 Å². The van der Waals surface area contributed by atoms with E-state index in [2.05, 4.69) is 5.32 Å². The third kappa shape index (κ3) is 2.61. The molecule has 1 N–H and O–H groups in total. The summed E-state index contributed by atoms with van der Waals surface area (Å²) >= 11 is 12.5. The summed E-state index contributed by atoms with van der Waals surface area (Å²) in [4.78, 5) is 13.4. The second-order valence-electron chi connectivity index (χ2n) is 7.69. The number of anilines is 1. The fraction of sp³-hybridized carbons (Fsp3) is 0.130. The highest BCUT2D eigenvalue weighted by molar-refractivity contribution is 6.31. The van der Waals surface area contributed by atoms with Gasteiger partial charge in [0.05, 0.1) is 23.0 Å². The smallest absolute Gasteiger partial charge is 0.306 e. The first-order chi connectivity index (χ1) is 15.0. The second kappa shape index (κ2) is 6.45. The molecule has 0 aromatic heterocycles. The summed E-state index contributed by atoms with van der Waals surface area (Å²) in [5.74, 6) is -0.112. The number of halogens is 3. The highest BCUT2D eigenvalue weighted by Gasteiger charge is 2.61. The van der Waals surface area contributed by atoms with Crippen LogP contribution >= 0.6 is 23.2 Å². The van der Waals surface area contributed by atoms with E-state index < -0.39 is 5.72 Å². The molecule has 0 aliphatic carbocycles. The number of rotatable bonds is 1. The van der Waals surface area contributed by atoms with Gasteiger partial charge in [-0.05, 0) is 54.1 Å². The van der Waals surface area contributed by atoms with Gasteiger partial charge in [0.2, 0.25) is 0 Å². The van der Waals surface area contributed by atoms with Crippen molar-refractivity contribution in [3.63, 3.8) is 0 Å². The van der Waals surface area contributed by atoms with Crippen molar-refractivity contribution in [3.05, 3.63) is 93.2 Å². The maximum Gasteiger partial charge on any atom is 0.306 e. The molecule has 0 unspecified atom stereocenters. The first-order valence-electron chi connectivity index (χ1n) is 9.68. The predicted octanol–water partition coefficient (Wildman–Crippen LogP) is 5.48. The topological polar surface area (TPSA) is 53.9 Å². The number of carbonyl (C=O) groups is 1. The molecule has 3 heterocycles. The third-order valence-corrected chi connectivity index (χ3v) is 6.37. The van der Waals surface area contributed by atoms with Gasteiger partial charge in [0, 0.05) is 22.0 Å². The molecule has 2 atom stereocenters. The monoisotopic (exact) mass is 453 g/mol. The maximum atomic E-state index is 13.5. The lowest BCUT2D eigenvalue weighted by atomic mass is 9.92. The Kier molecular flexibility index (Phi) is 3.88. The van der Waals surface area contributed by atoms with Gasteiger partial charge in [-0.3, -0.25) is 4.79 Å². The summed E-state index contributed by atoms with van der Waals surface area (Å²) in [6, 6.07) is 16.4. The van der Waals surface area contributed by atoms with Crippen LogP contribution in [-0.4, -0.2) is 16.6 Å². The van der Waals surface area contributed by atoms with E-state index in [-0.39, 0.29) is 17.8 Å².